The molecule has 3 rings (SSSR count). The molecular formula is C19H21NO. The first-order valence-corrected chi connectivity index (χ1v) is 7.42. The van der Waals surface area contributed by atoms with Gasteiger partial charge in [-0.2, -0.15) is 0 Å². The number of rotatable bonds is 4. The van der Waals surface area contributed by atoms with Gasteiger partial charge < -0.3 is 9.73 Å². The summed E-state index contributed by atoms with van der Waals surface area (Å²) in [5.41, 5.74) is 2.57. The van der Waals surface area contributed by atoms with Gasteiger partial charge in [-0.3, -0.25) is 0 Å². The number of benzene rings is 2. The average molecular weight is 279 g/mol. The smallest absolute Gasteiger partial charge is 0.105 e. The molecule has 21 heavy (non-hydrogen) atoms. The molecule has 108 valence electrons. The van der Waals surface area contributed by atoms with Gasteiger partial charge >= 0.3 is 0 Å². The number of hydrogen-bond donors (Lipinski definition) is 1. The van der Waals surface area contributed by atoms with Crippen molar-refractivity contribution < 1.29 is 4.42 Å². The first-order valence-electron chi connectivity index (χ1n) is 7.42. The largest absolute Gasteiger partial charge is 0.466 e. The van der Waals surface area contributed by atoms with Gasteiger partial charge in [-0.15, -0.1) is 0 Å². The van der Waals surface area contributed by atoms with Crippen LogP contribution in [0.2, 0.25) is 0 Å². The Labute approximate surface area is 125 Å². The lowest BCUT2D eigenvalue weighted by Gasteiger charge is -2.14. The van der Waals surface area contributed by atoms with Gasteiger partial charge in [-0.05, 0) is 43.2 Å². The lowest BCUT2D eigenvalue weighted by molar-refractivity contribution is 0.490. The van der Waals surface area contributed by atoms with Gasteiger partial charge in [0.2, 0.25) is 0 Å². The fraction of sp³-hybridized carbons (Fsp3) is 0.263. The highest BCUT2D eigenvalue weighted by Gasteiger charge is 2.12. The van der Waals surface area contributed by atoms with Gasteiger partial charge in [0.25, 0.3) is 0 Å². The van der Waals surface area contributed by atoms with Gasteiger partial charge in [-0.25, -0.2) is 0 Å². The van der Waals surface area contributed by atoms with E-state index < -0.39 is 0 Å². The Kier molecular flexibility index (Phi) is 3.80. The molecule has 3 aromatic rings. The standard InChI is InChI=1S/C19H21NO/c1-13-11-19(15(3)21-13)14(2)20-12-17-9-6-8-16-7-4-5-10-18(16)17/h4-11,14,20H,12H2,1-3H3. The van der Waals surface area contributed by atoms with Crippen LogP contribution in [0.5, 0.6) is 0 Å². The third-order valence-corrected chi connectivity index (χ3v) is 4.02. The zero-order valence-electron chi connectivity index (χ0n) is 12.8. The minimum atomic E-state index is 0.279. The van der Waals surface area contributed by atoms with Crippen LogP contribution in [0.15, 0.2) is 52.9 Å². The van der Waals surface area contributed by atoms with Crippen LogP contribution in [0.4, 0.5) is 0 Å². The lowest BCUT2D eigenvalue weighted by Crippen LogP contribution is -2.18. The van der Waals surface area contributed by atoms with E-state index in [0.717, 1.165) is 18.1 Å². The molecular weight excluding hydrogens is 258 g/mol. The van der Waals surface area contributed by atoms with Crippen molar-refractivity contribution in [1.82, 2.24) is 5.32 Å². The first kappa shape index (κ1) is 13.9. The Balaban J connectivity index is 1.79. The van der Waals surface area contributed by atoms with E-state index in [-0.39, 0.29) is 6.04 Å². The average Bonchev–Trinajstić information content (AvgIpc) is 2.83. The van der Waals surface area contributed by atoms with Crippen molar-refractivity contribution >= 4 is 10.8 Å². The molecule has 0 radical (unpaired) electrons. The van der Waals surface area contributed by atoms with Crippen LogP contribution in [0, 0.1) is 13.8 Å². The van der Waals surface area contributed by atoms with Crippen molar-refractivity contribution in [2.75, 3.05) is 0 Å². The Morgan fingerprint density at radius 1 is 1.05 bits per heavy atom. The maximum atomic E-state index is 5.62. The molecule has 1 aromatic heterocycles. The summed E-state index contributed by atoms with van der Waals surface area (Å²) in [5, 5.41) is 6.21. The molecule has 2 aromatic carbocycles. The number of fused-ring (bicyclic) bond motifs is 1. The predicted octanol–water partition coefficient (Wildman–Crippen LogP) is 4.90. The van der Waals surface area contributed by atoms with E-state index in [1.807, 2.05) is 13.8 Å². The summed E-state index contributed by atoms with van der Waals surface area (Å²) in [4.78, 5) is 0. The molecule has 0 saturated carbocycles. The van der Waals surface area contributed by atoms with Crippen LogP contribution in [0.1, 0.15) is 35.6 Å². The second kappa shape index (κ2) is 5.74. The summed E-state index contributed by atoms with van der Waals surface area (Å²) in [7, 11) is 0. The van der Waals surface area contributed by atoms with Gasteiger partial charge in [0.15, 0.2) is 0 Å². The van der Waals surface area contributed by atoms with Crippen LogP contribution in [0.25, 0.3) is 10.8 Å². The summed E-state index contributed by atoms with van der Waals surface area (Å²) < 4.78 is 5.62. The Morgan fingerprint density at radius 2 is 1.81 bits per heavy atom. The van der Waals surface area contributed by atoms with E-state index in [1.54, 1.807) is 0 Å². The van der Waals surface area contributed by atoms with Crippen molar-refractivity contribution in [1.29, 1.82) is 0 Å². The summed E-state index contributed by atoms with van der Waals surface area (Å²) in [5.74, 6) is 1.98. The maximum absolute atomic E-state index is 5.62. The quantitative estimate of drug-likeness (QED) is 0.734. The molecule has 2 heteroatoms. The van der Waals surface area contributed by atoms with Crippen LogP contribution in [-0.4, -0.2) is 0 Å². The highest BCUT2D eigenvalue weighted by Crippen LogP contribution is 2.23. The van der Waals surface area contributed by atoms with Crippen LogP contribution < -0.4 is 5.32 Å². The molecule has 0 aliphatic rings. The Morgan fingerprint density at radius 3 is 2.57 bits per heavy atom. The molecule has 1 heterocycles. The number of aryl methyl sites for hydroxylation is 2. The highest BCUT2D eigenvalue weighted by atomic mass is 16.3. The van der Waals surface area contributed by atoms with Crippen molar-refractivity contribution in [2.45, 2.75) is 33.4 Å². The summed E-state index contributed by atoms with van der Waals surface area (Å²) in [6.07, 6.45) is 0. The van der Waals surface area contributed by atoms with Gasteiger partial charge in [0.05, 0.1) is 0 Å². The zero-order valence-corrected chi connectivity index (χ0v) is 12.8. The second-order valence-electron chi connectivity index (χ2n) is 5.61. The van der Waals surface area contributed by atoms with Gasteiger partial charge in [0.1, 0.15) is 11.5 Å². The van der Waals surface area contributed by atoms with Crippen molar-refractivity contribution in [3.05, 3.63) is 71.2 Å². The molecule has 0 saturated heterocycles. The number of nitrogens with one attached hydrogen (secondary N) is 1. The fourth-order valence-corrected chi connectivity index (χ4v) is 2.90. The van der Waals surface area contributed by atoms with Crippen LogP contribution in [-0.2, 0) is 6.54 Å². The molecule has 1 unspecified atom stereocenters. The molecule has 0 spiro atoms. The van der Waals surface area contributed by atoms with E-state index in [2.05, 4.69) is 60.8 Å². The molecule has 0 fully saturated rings. The van der Waals surface area contributed by atoms with E-state index in [4.69, 9.17) is 4.42 Å². The van der Waals surface area contributed by atoms with E-state index in [0.29, 0.717) is 0 Å². The minimum Gasteiger partial charge on any atom is -0.466 e. The van der Waals surface area contributed by atoms with Gasteiger partial charge in [0, 0.05) is 18.2 Å². The first-order chi connectivity index (χ1) is 10.1. The van der Waals surface area contributed by atoms with Crippen molar-refractivity contribution in [3.63, 3.8) is 0 Å². The van der Waals surface area contributed by atoms with Crippen molar-refractivity contribution in [2.24, 2.45) is 0 Å². The van der Waals surface area contributed by atoms with Crippen molar-refractivity contribution in [3.8, 4) is 0 Å². The normalized spacial score (nSPS) is 12.7. The topological polar surface area (TPSA) is 25.2 Å². The molecule has 0 aliphatic heterocycles. The lowest BCUT2D eigenvalue weighted by atomic mass is 10.0. The molecule has 0 aliphatic carbocycles. The van der Waals surface area contributed by atoms with Crippen LogP contribution >= 0.6 is 0 Å². The third-order valence-electron chi connectivity index (χ3n) is 4.02. The minimum absolute atomic E-state index is 0.279. The van der Waals surface area contributed by atoms with E-state index in [9.17, 15) is 0 Å². The second-order valence-corrected chi connectivity index (χ2v) is 5.61. The summed E-state index contributed by atoms with van der Waals surface area (Å²) in [6, 6.07) is 17.4. The Hall–Kier alpha value is -2.06. The highest BCUT2D eigenvalue weighted by molar-refractivity contribution is 5.85. The molecule has 1 atom stereocenters. The summed E-state index contributed by atoms with van der Waals surface area (Å²) >= 11 is 0. The predicted molar refractivity (Wildman–Crippen MR) is 87.4 cm³/mol. The SMILES string of the molecule is Cc1cc(C(C)NCc2cccc3ccccc23)c(C)o1. The monoisotopic (exact) mass is 279 g/mol. The third kappa shape index (κ3) is 2.86. The Bertz CT molecular complexity index is 752. The fourth-order valence-electron chi connectivity index (χ4n) is 2.90. The molecule has 1 N–H and O–H groups in total. The number of furan rings is 1. The molecule has 2 nitrogen and oxygen atoms in total. The van der Waals surface area contributed by atoms with Gasteiger partial charge in [-0.1, -0.05) is 42.5 Å². The van der Waals surface area contributed by atoms with E-state index >= 15 is 0 Å². The zero-order chi connectivity index (χ0) is 14.8. The number of hydrogen-bond acceptors (Lipinski definition) is 2. The summed E-state index contributed by atoms with van der Waals surface area (Å²) in [6.45, 7) is 7.06. The maximum Gasteiger partial charge on any atom is 0.105 e. The van der Waals surface area contributed by atoms with Crippen LogP contribution in [0.3, 0.4) is 0 Å². The molecule has 0 amide bonds. The molecule has 0 bridgehead atoms. The van der Waals surface area contributed by atoms with E-state index in [1.165, 1.54) is 21.9 Å².